The summed E-state index contributed by atoms with van der Waals surface area (Å²) in [5.41, 5.74) is 7.74. The molecule has 2 unspecified atom stereocenters. The van der Waals surface area contributed by atoms with Crippen molar-refractivity contribution in [1.82, 2.24) is 9.97 Å². The van der Waals surface area contributed by atoms with E-state index in [1.807, 2.05) is 6.07 Å². The predicted octanol–water partition coefficient (Wildman–Crippen LogP) is 4.35. The van der Waals surface area contributed by atoms with E-state index in [0.29, 0.717) is 53.4 Å². The second-order valence-electron chi connectivity index (χ2n) is 8.58. The van der Waals surface area contributed by atoms with E-state index in [1.165, 1.54) is 12.3 Å². The molecule has 0 amide bonds. The van der Waals surface area contributed by atoms with E-state index >= 15 is 0 Å². The average Bonchev–Trinajstić information content (AvgIpc) is 2.81. The Morgan fingerprint density at radius 3 is 2.78 bits per heavy atom. The third kappa shape index (κ3) is 5.66. The van der Waals surface area contributed by atoms with Gasteiger partial charge in [-0.3, -0.25) is 4.98 Å². The molecule has 2 fully saturated rings. The second-order valence-corrected chi connectivity index (χ2v) is 8.99. The fourth-order valence-electron chi connectivity index (χ4n) is 4.32. The van der Waals surface area contributed by atoms with E-state index in [2.05, 4.69) is 26.7 Å². The van der Waals surface area contributed by atoms with Gasteiger partial charge in [0.15, 0.2) is 0 Å². The summed E-state index contributed by atoms with van der Waals surface area (Å²) in [5, 5.41) is 16.3. The van der Waals surface area contributed by atoms with Gasteiger partial charge >= 0.3 is 0 Å². The van der Waals surface area contributed by atoms with Gasteiger partial charge in [0.1, 0.15) is 11.6 Å². The zero-order valence-corrected chi connectivity index (χ0v) is 18.6. The first kappa shape index (κ1) is 22.7. The number of aromatic nitrogens is 2. The van der Waals surface area contributed by atoms with Crippen molar-refractivity contribution in [1.29, 1.82) is 5.26 Å². The Bertz CT molecular complexity index is 975. The zero-order valence-electron chi connectivity index (χ0n) is 17.9. The van der Waals surface area contributed by atoms with Gasteiger partial charge in [-0.1, -0.05) is 11.6 Å². The Morgan fingerprint density at radius 2 is 2.00 bits per heavy atom. The smallest absolute Gasteiger partial charge is 0.143 e. The van der Waals surface area contributed by atoms with Gasteiger partial charge in [-0.2, -0.15) is 5.26 Å². The normalized spacial score (nSPS) is 25.7. The first-order chi connectivity index (χ1) is 15.5. The van der Waals surface area contributed by atoms with Crippen LogP contribution in [0.5, 0.6) is 0 Å². The summed E-state index contributed by atoms with van der Waals surface area (Å²) in [7, 11) is 0. The van der Waals surface area contributed by atoms with Crippen molar-refractivity contribution < 1.29 is 9.13 Å². The largest absolute Gasteiger partial charge is 0.381 e. The maximum atomic E-state index is 14.0. The van der Waals surface area contributed by atoms with Gasteiger partial charge < -0.3 is 21.1 Å². The van der Waals surface area contributed by atoms with E-state index in [4.69, 9.17) is 22.1 Å². The van der Waals surface area contributed by atoms with Crippen LogP contribution in [0, 0.1) is 23.1 Å². The molecule has 0 spiro atoms. The van der Waals surface area contributed by atoms with Crippen LogP contribution in [0.25, 0.3) is 11.3 Å². The van der Waals surface area contributed by atoms with Gasteiger partial charge in [0.05, 0.1) is 40.7 Å². The molecule has 0 bridgehead atoms. The van der Waals surface area contributed by atoms with E-state index < -0.39 is 5.82 Å². The van der Waals surface area contributed by atoms with Crippen LogP contribution in [0.4, 0.5) is 15.9 Å². The van der Waals surface area contributed by atoms with Crippen LogP contribution in [0.15, 0.2) is 24.5 Å². The molecule has 32 heavy (non-hydrogen) atoms. The molecule has 4 rings (SSSR count). The monoisotopic (exact) mass is 458 g/mol. The van der Waals surface area contributed by atoms with Gasteiger partial charge in [0, 0.05) is 43.1 Å². The van der Waals surface area contributed by atoms with Crippen molar-refractivity contribution in [2.24, 2.45) is 11.7 Å². The highest BCUT2D eigenvalue weighted by Gasteiger charge is 2.23. The van der Waals surface area contributed by atoms with Gasteiger partial charge in [-0.05, 0) is 44.6 Å². The Balaban J connectivity index is 1.52. The Morgan fingerprint density at radius 1 is 1.19 bits per heavy atom. The van der Waals surface area contributed by atoms with Gasteiger partial charge in [-0.25, -0.2) is 9.37 Å². The molecular formula is C23H28ClFN6O. The van der Waals surface area contributed by atoms with Crippen LogP contribution in [0.3, 0.4) is 0 Å². The number of halogens is 2. The van der Waals surface area contributed by atoms with Crippen LogP contribution in [-0.4, -0.2) is 41.3 Å². The minimum atomic E-state index is -0.446. The average molecular weight is 459 g/mol. The molecular weight excluding hydrogens is 431 g/mol. The van der Waals surface area contributed by atoms with Crippen LogP contribution < -0.4 is 16.4 Å². The van der Waals surface area contributed by atoms with Crippen molar-refractivity contribution >= 4 is 23.1 Å². The number of pyridine rings is 2. The lowest BCUT2D eigenvalue weighted by atomic mass is 9.92. The highest BCUT2D eigenvalue weighted by atomic mass is 35.5. The minimum absolute atomic E-state index is 0.0155. The quantitative estimate of drug-likeness (QED) is 0.590. The number of nitrogens with two attached hydrogens (primary N) is 1. The lowest BCUT2D eigenvalue weighted by Crippen LogP contribution is -2.33. The maximum absolute atomic E-state index is 14.0. The van der Waals surface area contributed by atoms with Gasteiger partial charge in [0.25, 0.3) is 0 Å². The van der Waals surface area contributed by atoms with Crippen molar-refractivity contribution in [2.75, 3.05) is 23.8 Å². The summed E-state index contributed by atoms with van der Waals surface area (Å²) in [6.07, 6.45) is 8.00. The lowest BCUT2D eigenvalue weighted by molar-refractivity contribution is 0.0105. The molecule has 7 nitrogen and oxygen atoms in total. The number of hydrogen-bond donors (Lipinski definition) is 3. The topological polar surface area (TPSA) is 109 Å². The summed E-state index contributed by atoms with van der Waals surface area (Å²) in [6, 6.07) is 6.15. The van der Waals surface area contributed by atoms with Crippen LogP contribution >= 0.6 is 11.6 Å². The Hall–Kier alpha value is -2.47. The number of nitrogens with zero attached hydrogens (tertiary/aromatic N) is 3. The minimum Gasteiger partial charge on any atom is -0.381 e. The number of anilines is 2. The molecule has 2 aromatic heterocycles. The molecule has 1 saturated heterocycles. The number of ether oxygens (including phenoxy) is 1. The van der Waals surface area contributed by atoms with Crippen LogP contribution in [-0.2, 0) is 4.74 Å². The number of rotatable bonds is 6. The van der Waals surface area contributed by atoms with Gasteiger partial charge in [0.2, 0.25) is 0 Å². The van der Waals surface area contributed by atoms with E-state index in [9.17, 15) is 9.65 Å². The molecule has 2 atom stereocenters. The Kier molecular flexibility index (Phi) is 7.40. The number of hydrogen-bond acceptors (Lipinski definition) is 7. The summed E-state index contributed by atoms with van der Waals surface area (Å²) < 4.78 is 19.8. The summed E-state index contributed by atoms with van der Waals surface area (Å²) in [6.45, 7) is 1.00. The molecule has 3 heterocycles. The molecule has 1 aliphatic heterocycles. The number of nitrogens with one attached hydrogen (secondary N) is 2. The fourth-order valence-corrected chi connectivity index (χ4v) is 4.52. The van der Waals surface area contributed by atoms with Crippen molar-refractivity contribution in [3.05, 3.63) is 35.4 Å². The van der Waals surface area contributed by atoms with E-state index in [1.54, 1.807) is 6.20 Å². The molecule has 2 aromatic rings. The predicted molar refractivity (Wildman–Crippen MR) is 123 cm³/mol. The van der Waals surface area contributed by atoms with Crippen molar-refractivity contribution in [3.63, 3.8) is 0 Å². The maximum Gasteiger partial charge on any atom is 0.143 e. The van der Waals surface area contributed by atoms with E-state index in [0.717, 1.165) is 32.1 Å². The van der Waals surface area contributed by atoms with Crippen LogP contribution in [0.2, 0.25) is 5.02 Å². The molecule has 1 aliphatic carbocycles. The molecule has 0 radical (unpaired) electrons. The van der Waals surface area contributed by atoms with Crippen molar-refractivity contribution in [3.8, 4) is 17.3 Å². The number of nitriles is 1. The second kappa shape index (κ2) is 10.4. The molecule has 2 aliphatic rings. The highest BCUT2D eigenvalue weighted by Crippen LogP contribution is 2.34. The first-order valence-corrected chi connectivity index (χ1v) is 11.5. The van der Waals surface area contributed by atoms with Gasteiger partial charge in [-0.15, -0.1) is 0 Å². The first-order valence-electron chi connectivity index (χ1n) is 11.1. The molecule has 9 heteroatoms. The van der Waals surface area contributed by atoms with Crippen LogP contribution in [0.1, 0.15) is 38.5 Å². The zero-order chi connectivity index (χ0) is 22.5. The fraction of sp³-hybridized carbons (Fsp3) is 0.522. The molecule has 4 N–H and O–H groups in total. The third-order valence-electron chi connectivity index (χ3n) is 6.16. The SMILES string of the molecule is N#CC1CCOC(CNc2cc(F)cnc2-c2cc(NC3CCC(N)CC3)ncc2Cl)C1. The lowest BCUT2D eigenvalue weighted by Gasteiger charge is -2.27. The molecule has 170 valence electrons. The highest BCUT2D eigenvalue weighted by molar-refractivity contribution is 6.33. The Labute approximate surface area is 192 Å². The summed E-state index contributed by atoms with van der Waals surface area (Å²) in [4.78, 5) is 8.73. The standard InChI is InChI=1S/C23H28ClFN6O/c24-20-13-29-22(31-17-3-1-16(27)2-4-17)9-19(20)23-21(8-15(25)11-30-23)28-12-18-7-14(10-26)5-6-32-18/h8-9,11,13-14,16-18,28H,1-7,12,27H2,(H,29,31). The third-order valence-corrected chi connectivity index (χ3v) is 6.46. The summed E-state index contributed by atoms with van der Waals surface area (Å²) >= 11 is 6.46. The summed E-state index contributed by atoms with van der Waals surface area (Å²) in [5.74, 6) is 0.241. The van der Waals surface area contributed by atoms with Crippen molar-refractivity contribution in [2.45, 2.75) is 56.7 Å². The molecule has 1 saturated carbocycles. The van der Waals surface area contributed by atoms with E-state index in [-0.39, 0.29) is 18.1 Å². The molecule has 0 aromatic carbocycles.